The second kappa shape index (κ2) is 7.75. The molecule has 22 heavy (non-hydrogen) atoms. The van der Waals surface area contributed by atoms with Gasteiger partial charge in [0, 0.05) is 16.7 Å². The number of nitrogens with zero attached hydrogens (tertiary/aromatic N) is 1. The summed E-state index contributed by atoms with van der Waals surface area (Å²) in [5.74, 6) is 0.551. The number of thioether (sulfide) groups is 1. The third-order valence-corrected chi connectivity index (χ3v) is 7.44. The first-order chi connectivity index (χ1) is 10.7. The molecule has 0 atom stereocenters. The van der Waals surface area contributed by atoms with Crippen LogP contribution in [0.3, 0.4) is 0 Å². The highest BCUT2D eigenvalue weighted by Gasteiger charge is 2.14. The van der Waals surface area contributed by atoms with Crippen molar-refractivity contribution in [1.29, 1.82) is 0 Å². The highest BCUT2D eigenvalue weighted by atomic mass is 35.5. The Kier molecular flexibility index (Phi) is 5.71. The normalized spacial score (nSPS) is 15.0. The zero-order valence-electron chi connectivity index (χ0n) is 11.8. The summed E-state index contributed by atoms with van der Waals surface area (Å²) < 4.78 is 10.2. The first-order valence-corrected chi connectivity index (χ1v) is 10.4. The van der Waals surface area contributed by atoms with Gasteiger partial charge in [0.2, 0.25) is 0 Å². The highest BCUT2D eigenvalue weighted by Crippen LogP contribution is 2.25. The minimum atomic E-state index is 0.110. The van der Waals surface area contributed by atoms with E-state index in [2.05, 4.69) is 10.6 Å². The van der Waals surface area contributed by atoms with Crippen molar-refractivity contribution in [3.63, 3.8) is 0 Å². The van der Waals surface area contributed by atoms with Crippen molar-refractivity contribution in [3.8, 4) is 0 Å². The van der Waals surface area contributed by atoms with E-state index < -0.39 is 0 Å². The SMILES string of the molecule is O=C(CSc1cc(=[N+]2CCOCC2)ss1)c1cccc(Cl)c1. The van der Waals surface area contributed by atoms with Gasteiger partial charge in [0.1, 0.15) is 13.2 Å². The molecule has 2 aromatic rings. The van der Waals surface area contributed by atoms with E-state index in [0.29, 0.717) is 16.3 Å². The summed E-state index contributed by atoms with van der Waals surface area (Å²) in [6, 6.07) is 9.30. The van der Waals surface area contributed by atoms with E-state index >= 15 is 0 Å². The van der Waals surface area contributed by atoms with Crippen LogP contribution in [0, 0.1) is 0 Å². The molecule has 116 valence electrons. The van der Waals surface area contributed by atoms with Gasteiger partial charge < -0.3 is 4.74 Å². The fourth-order valence-electron chi connectivity index (χ4n) is 2.11. The van der Waals surface area contributed by atoms with E-state index in [1.165, 1.54) is 8.88 Å². The lowest BCUT2D eigenvalue weighted by Gasteiger charge is -2.09. The lowest BCUT2D eigenvalue weighted by Crippen LogP contribution is -2.38. The van der Waals surface area contributed by atoms with E-state index in [1.54, 1.807) is 44.6 Å². The standard InChI is InChI=1S/C15H15ClNO2S3/c16-12-3-1-2-11(8-12)13(18)10-20-15-9-14(21-22-15)17-4-6-19-7-5-17/h1-3,8-9H,4-7,10H2/q+1. The quantitative estimate of drug-likeness (QED) is 0.357. The van der Waals surface area contributed by atoms with Crippen LogP contribution in [-0.2, 0) is 4.74 Å². The second-order valence-corrected chi connectivity index (χ2v) is 8.69. The van der Waals surface area contributed by atoms with Crippen molar-refractivity contribution >= 4 is 49.8 Å². The molecule has 0 spiro atoms. The van der Waals surface area contributed by atoms with Crippen LogP contribution in [0.4, 0.5) is 0 Å². The lowest BCUT2D eigenvalue weighted by molar-refractivity contribution is 0.0971. The molecule has 1 aliphatic heterocycles. The molecule has 1 aliphatic rings. The number of carbonyl (C=O) groups is 1. The molecule has 1 aromatic carbocycles. The smallest absolute Gasteiger partial charge is 0.268 e. The predicted octanol–water partition coefficient (Wildman–Crippen LogP) is 3.24. The van der Waals surface area contributed by atoms with Gasteiger partial charge in [-0.25, -0.2) is 4.58 Å². The molecule has 3 nitrogen and oxygen atoms in total. The topological polar surface area (TPSA) is 29.3 Å². The maximum Gasteiger partial charge on any atom is 0.268 e. The van der Waals surface area contributed by atoms with Gasteiger partial charge in [-0.3, -0.25) is 4.79 Å². The maximum absolute atomic E-state index is 12.2. The minimum Gasteiger partial charge on any atom is -0.368 e. The van der Waals surface area contributed by atoms with E-state index in [-0.39, 0.29) is 5.78 Å². The van der Waals surface area contributed by atoms with Crippen LogP contribution < -0.4 is 9.25 Å². The van der Waals surface area contributed by atoms with Crippen LogP contribution in [0.5, 0.6) is 0 Å². The Balaban J connectivity index is 1.65. The molecule has 7 heteroatoms. The Hall–Kier alpha value is -0.660. The van der Waals surface area contributed by atoms with Gasteiger partial charge in [-0.15, -0.1) is 11.8 Å². The summed E-state index contributed by atoms with van der Waals surface area (Å²) in [5, 5.41) is 0.601. The third-order valence-electron chi connectivity index (χ3n) is 3.27. The van der Waals surface area contributed by atoms with E-state index in [4.69, 9.17) is 16.3 Å². The van der Waals surface area contributed by atoms with Crippen LogP contribution in [0.2, 0.25) is 5.02 Å². The molecule has 1 saturated heterocycles. The fourth-order valence-corrected chi connectivity index (χ4v) is 6.08. The van der Waals surface area contributed by atoms with E-state index in [1.807, 2.05) is 12.1 Å². The average Bonchev–Trinajstić information content (AvgIpc) is 3.02. The van der Waals surface area contributed by atoms with Gasteiger partial charge in [-0.1, -0.05) is 34.1 Å². The molecule has 0 unspecified atom stereocenters. The molecule has 0 radical (unpaired) electrons. The average molecular weight is 373 g/mol. The first-order valence-electron chi connectivity index (χ1n) is 6.90. The Labute approximate surface area is 145 Å². The number of benzene rings is 1. The molecule has 0 aliphatic carbocycles. The predicted molar refractivity (Wildman–Crippen MR) is 94.5 cm³/mol. The molecular formula is C15H15ClNO2S3+. The zero-order chi connectivity index (χ0) is 15.4. The number of ketones is 1. The van der Waals surface area contributed by atoms with Crippen LogP contribution in [0.1, 0.15) is 10.4 Å². The molecule has 2 heterocycles. The number of hydrogen-bond acceptors (Lipinski definition) is 5. The Morgan fingerprint density at radius 2 is 2.09 bits per heavy atom. The van der Waals surface area contributed by atoms with Crippen molar-refractivity contribution in [2.24, 2.45) is 0 Å². The van der Waals surface area contributed by atoms with Crippen LogP contribution in [0.25, 0.3) is 0 Å². The molecule has 1 fully saturated rings. The number of hydrogen-bond donors (Lipinski definition) is 0. The summed E-state index contributed by atoms with van der Waals surface area (Å²) in [5.41, 5.74) is 0.675. The summed E-state index contributed by atoms with van der Waals surface area (Å²) in [6.45, 7) is 3.47. The van der Waals surface area contributed by atoms with Gasteiger partial charge in [-0.2, -0.15) is 0 Å². The summed E-state index contributed by atoms with van der Waals surface area (Å²) in [7, 11) is 3.49. The number of carbonyl (C=O) groups excluding carboxylic acids is 1. The molecule has 0 N–H and O–H groups in total. The second-order valence-electron chi connectivity index (χ2n) is 4.79. The fraction of sp³-hybridized carbons (Fsp3) is 0.333. The van der Waals surface area contributed by atoms with Crippen molar-refractivity contribution < 1.29 is 9.53 Å². The number of rotatable bonds is 4. The Morgan fingerprint density at radius 1 is 1.27 bits per heavy atom. The van der Waals surface area contributed by atoms with Gasteiger partial charge >= 0.3 is 0 Å². The lowest BCUT2D eigenvalue weighted by atomic mass is 10.1. The van der Waals surface area contributed by atoms with Gasteiger partial charge in [0.05, 0.1) is 9.96 Å². The van der Waals surface area contributed by atoms with Gasteiger partial charge in [0.15, 0.2) is 18.9 Å². The summed E-state index contributed by atoms with van der Waals surface area (Å²) in [6.07, 6.45) is 0. The maximum atomic E-state index is 12.2. The molecule has 0 bridgehead atoms. The van der Waals surface area contributed by atoms with Crippen molar-refractivity contribution in [3.05, 3.63) is 45.6 Å². The Bertz CT molecular complexity index is 730. The van der Waals surface area contributed by atoms with Crippen molar-refractivity contribution in [1.82, 2.24) is 4.58 Å². The van der Waals surface area contributed by atoms with Crippen molar-refractivity contribution in [2.75, 3.05) is 32.1 Å². The zero-order valence-corrected chi connectivity index (χ0v) is 15.0. The number of Topliss-reactive ketones (excluding diaryl/α,β-unsaturated/α-hetero) is 1. The minimum absolute atomic E-state index is 0.110. The highest BCUT2D eigenvalue weighted by molar-refractivity contribution is 8.03. The van der Waals surface area contributed by atoms with Gasteiger partial charge in [0.25, 0.3) is 4.67 Å². The molecule has 0 saturated carbocycles. The number of ether oxygens (including phenoxy) is 1. The molecular weight excluding hydrogens is 358 g/mol. The van der Waals surface area contributed by atoms with E-state index in [9.17, 15) is 4.79 Å². The molecule has 3 rings (SSSR count). The van der Waals surface area contributed by atoms with Crippen LogP contribution >= 0.6 is 44.0 Å². The number of morpholine rings is 1. The largest absolute Gasteiger partial charge is 0.368 e. The van der Waals surface area contributed by atoms with Crippen LogP contribution in [-0.4, -0.2) is 37.8 Å². The monoisotopic (exact) mass is 372 g/mol. The molecule has 1 aromatic heterocycles. The number of halogens is 1. The third kappa shape index (κ3) is 4.20. The van der Waals surface area contributed by atoms with Gasteiger partial charge in [-0.05, 0) is 22.5 Å². The Morgan fingerprint density at radius 3 is 2.86 bits per heavy atom. The summed E-state index contributed by atoms with van der Waals surface area (Å²) >= 11 is 7.52. The van der Waals surface area contributed by atoms with E-state index in [0.717, 1.165) is 26.3 Å². The first kappa shape index (κ1) is 16.2. The van der Waals surface area contributed by atoms with Crippen LogP contribution in [0.15, 0.2) is 34.5 Å². The van der Waals surface area contributed by atoms with Crippen molar-refractivity contribution in [2.45, 2.75) is 4.21 Å². The molecule has 0 amide bonds. The summed E-state index contributed by atoms with van der Waals surface area (Å²) in [4.78, 5) is 12.2.